The molecule has 1 aliphatic heterocycles. The number of aliphatic hydroxyl groups is 1. The summed E-state index contributed by atoms with van der Waals surface area (Å²) in [5.74, 6) is -0.188. The van der Waals surface area contributed by atoms with Gasteiger partial charge in [0.2, 0.25) is 0 Å². The first-order valence-electron chi connectivity index (χ1n) is 7.12. The van der Waals surface area contributed by atoms with Gasteiger partial charge in [0.05, 0.1) is 18.4 Å². The lowest BCUT2D eigenvalue weighted by Gasteiger charge is -2.33. The van der Waals surface area contributed by atoms with Crippen LogP contribution in [0.15, 0.2) is 18.2 Å². The summed E-state index contributed by atoms with van der Waals surface area (Å²) in [4.78, 5) is 2.04. The number of anilines is 1. The first-order valence-corrected chi connectivity index (χ1v) is 7.12. The van der Waals surface area contributed by atoms with Crippen LogP contribution in [-0.2, 0) is 11.3 Å². The molecule has 112 valence electrons. The van der Waals surface area contributed by atoms with Crippen LogP contribution in [-0.4, -0.2) is 44.6 Å². The highest BCUT2D eigenvalue weighted by molar-refractivity contribution is 5.55. The van der Waals surface area contributed by atoms with Crippen LogP contribution in [0.2, 0.25) is 0 Å². The van der Waals surface area contributed by atoms with Gasteiger partial charge in [0, 0.05) is 33.3 Å². The van der Waals surface area contributed by atoms with Crippen molar-refractivity contribution in [1.82, 2.24) is 5.32 Å². The van der Waals surface area contributed by atoms with Gasteiger partial charge in [0.15, 0.2) is 0 Å². The summed E-state index contributed by atoms with van der Waals surface area (Å²) in [7, 11) is 1.66. The molecule has 1 fully saturated rings. The number of hydrogen-bond donors (Lipinski definition) is 2. The molecule has 2 N–H and O–H groups in total. The Morgan fingerprint density at radius 1 is 1.40 bits per heavy atom. The molecule has 5 heteroatoms. The highest BCUT2D eigenvalue weighted by Gasteiger charge is 2.21. The molecular weight excluding hydrogens is 259 g/mol. The quantitative estimate of drug-likeness (QED) is 0.777. The van der Waals surface area contributed by atoms with Crippen LogP contribution in [0.25, 0.3) is 0 Å². The summed E-state index contributed by atoms with van der Waals surface area (Å²) in [5, 5.41) is 12.8. The van der Waals surface area contributed by atoms with Crippen LogP contribution >= 0.6 is 0 Å². The van der Waals surface area contributed by atoms with Crippen molar-refractivity contribution < 1.29 is 14.2 Å². The highest BCUT2D eigenvalue weighted by Crippen LogP contribution is 2.27. The van der Waals surface area contributed by atoms with Gasteiger partial charge >= 0.3 is 0 Å². The fourth-order valence-electron chi connectivity index (χ4n) is 2.54. The minimum absolute atomic E-state index is 0.188. The second-order valence-corrected chi connectivity index (χ2v) is 5.14. The van der Waals surface area contributed by atoms with Gasteiger partial charge in [-0.25, -0.2) is 4.39 Å². The van der Waals surface area contributed by atoms with Gasteiger partial charge in [-0.2, -0.15) is 0 Å². The standard InChI is InChI=1S/C15H23FN2O2/c1-20-10-7-17-11-12-3-2-4-14(16)15(12)18-8-5-13(19)6-9-18/h2-4,13,17,19H,5-11H2,1H3. The fourth-order valence-corrected chi connectivity index (χ4v) is 2.54. The van der Waals surface area contributed by atoms with E-state index in [1.165, 1.54) is 6.07 Å². The van der Waals surface area contributed by atoms with E-state index in [2.05, 4.69) is 5.32 Å². The number of ether oxygens (including phenoxy) is 1. The lowest BCUT2D eigenvalue weighted by atomic mass is 10.0. The van der Waals surface area contributed by atoms with Crippen LogP contribution in [0, 0.1) is 5.82 Å². The van der Waals surface area contributed by atoms with Crippen molar-refractivity contribution in [2.75, 3.05) is 38.3 Å². The van der Waals surface area contributed by atoms with Gasteiger partial charge in [-0.1, -0.05) is 12.1 Å². The van der Waals surface area contributed by atoms with Crippen LogP contribution in [0.4, 0.5) is 10.1 Å². The third-order valence-corrected chi connectivity index (χ3v) is 3.65. The molecule has 1 aliphatic rings. The average Bonchev–Trinajstić information content (AvgIpc) is 2.45. The lowest BCUT2D eigenvalue weighted by molar-refractivity contribution is 0.145. The fraction of sp³-hybridized carbons (Fsp3) is 0.600. The van der Waals surface area contributed by atoms with Gasteiger partial charge in [0.25, 0.3) is 0 Å². The number of nitrogens with zero attached hydrogens (tertiary/aromatic N) is 1. The van der Waals surface area contributed by atoms with Crippen LogP contribution in [0.1, 0.15) is 18.4 Å². The molecule has 0 aromatic heterocycles. The SMILES string of the molecule is COCCNCc1cccc(F)c1N1CCC(O)CC1. The second kappa shape index (κ2) is 7.57. The molecule has 20 heavy (non-hydrogen) atoms. The molecule has 0 radical (unpaired) electrons. The number of hydrogen-bond acceptors (Lipinski definition) is 4. The van der Waals surface area contributed by atoms with E-state index in [-0.39, 0.29) is 11.9 Å². The minimum atomic E-state index is -0.249. The number of piperidine rings is 1. The zero-order chi connectivity index (χ0) is 14.4. The topological polar surface area (TPSA) is 44.7 Å². The minimum Gasteiger partial charge on any atom is -0.393 e. The Labute approximate surface area is 119 Å². The normalized spacial score (nSPS) is 16.6. The van der Waals surface area contributed by atoms with Crippen molar-refractivity contribution in [2.24, 2.45) is 0 Å². The van der Waals surface area contributed by atoms with Crippen molar-refractivity contribution in [1.29, 1.82) is 0 Å². The molecule has 1 saturated heterocycles. The van der Waals surface area contributed by atoms with E-state index in [1.807, 2.05) is 11.0 Å². The van der Waals surface area contributed by atoms with Crippen molar-refractivity contribution in [3.05, 3.63) is 29.6 Å². The lowest BCUT2D eigenvalue weighted by Crippen LogP contribution is -2.37. The summed E-state index contributed by atoms with van der Waals surface area (Å²) in [5.41, 5.74) is 1.63. The molecule has 0 spiro atoms. The van der Waals surface area contributed by atoms with Crippen LogP contribution in [0.5, 0.6) is 0 Å². The first kappa shape index (κ1) is 15.2. The summed E-state index contributed by atoms with van der Waals surface area (Å²) >= 11 is 0. The van der Waals surface area contributed by atoms with Crippen molar-refractivity contribution in [3.63, 3.8) is 0 Å². The van der Waals surface area contributed by atoms with Crippen molar-refractivity contribution >= 4 is 5.69 Å². The Morgan fingerprint density at radius 3 is 2.85 bits per heavy atom. The van der Waals surface area contributed by atoms with E-state index in [1.54, 1.807) is 13.2 Å². The molecule has 0 saturated carbocycles. The van der Waals surface area contributed by atoms with Gasteiger partial charge < -0.3 is 20.1 Å². The number of benzene rings is 1. The average molecular weight is 282 g/mol. The van der Waals surface area contributed by atoms with Crippen LogP contribution in [0.3, 0.4) is 0 Å². The maximum atomic E-state index is 14.2. The zero-order valence-electron chi connectivity index (χ0n) is 11.9. The summed E-state index contributed by atoms with van der Waals surface area (Å²) in [6, 6.07) is 5.19. The number of halogens is 1. The van der Waals surface area contributed by atoms with E-state index in [0.29, 0.717) is 44.8 Å². The molecule has 0 bridgehead atoms. The number of para-hydroxylation sites is 1. The Kier molecular flexibility index (Phi) is 5.76. The molecule has 4 nitrogen and oxygen atoms in total. The molecule has 1 heterocycles. The molecule has 0 aliphatic carbocycles. The van der Waals surface area contributed by atoms with Gasteiger partial charge in [-0.3, -0.25) is 0 Å². The number of nitrogens with one attached hydrogen (secondary N) is 1. The van der Waals surface area contributed by atoms with Gasteiger partial charge in [0.1, 0.15) is 5.82 Å². The Hall–Kier alpha value is -1.17. The van der Waals surface area contributed by atoms with Gasteiger partial charge in [-0.15, -0.1) is 0 Å². The third kappa shape index (κ3) is 3.91. The summed E-state index contributed by atoms with van der Waals surface area (Å²) in [6.07, 6.45) is 1.15. The monoisotopic (exact) mass is 282 g/mol. The number of aliphatic hydroxyl groups excluding tert-OH is 1. The highest BCUT2D eigenvalue weighted by atomic mass is 19.1. The number of methoxy groups -OCH3 is 1. The van der Waals surface area contributed by atoms with Gasteiger partial charge in [-0.05, 0) is 24.5 Å². The predicted octanol–water partition coefficient (Wildman–Crippen LogP) is 1.52. The molecule has 1 aromatic carbocycles. The van der Waals surface area contributed by atoms with Crippen molar-refractivity contribution in [2.45, 2.75) is 25.5 Å². The van der Waals surface area contributed by atoms with E-state index >= 15 is 0 Å². The second-order valence-electron chi connectivity index (χ2n) is 5.14. The number of rotatable bonds is 6. The third-order valence-electron chi connectivity index (χ3n) is 3.65. The summed E-state index contributed by atoms with van der Waals surface area (Å²) in [6.45, 7) is 3.40. The summed E-state index contributed by atoms with van der Waals surface area (Å²) < 4.78 is 19.1. The smallest absolute Gasteiger partial charge is 0.146 e. The molecule has 2 rings (SSSR count). The zero-order valence-corrected chi connectivity index (χ0v) is 11.9. The molecular formula is C15H23FN2O2. The molecule has 0 unspecified atom stereocenters. The molecule has 0 amide bonds. The Bertz CT molecular complexity index is 420. The van der Waals surface area contributed by atoms with E-state index in [4.69, 9.17) is 4.74 Å². The predicted molar refractivity (Wildman–Crippen MR) is 77.4 cm³/mol. The molecule has 1 aromatic rings. The van der Waals surface area contributed by atoms with Crippen molar-refractivity contribution in [3.8, 4) is 0 Å². The van der Waals surface area contributed by atoms with E-state index in [9.17, 15) is 9.50 Å². The maximum Gasteiger partial charge on any atom is 0.146 e. The largest absolute Gasteiger partial charge is 0.393 e. The maximum absolute atomic E-state index is 14.2. The Balaban J connectivity index is 2.06. The Morgan fingerprint density at radius 2 is 2.15 bits per heavy atom. The van der Waals surface area contributed by atoms with Crippen LogP contribution < -0.4 is 10.2 Å². The molecule has 0 atom stereocenters. The van der Waals surface area contributed by atoms with E-state index in [0.717, 1.165) is 12.1 Å². The van der Waals surface area contributed by atoms with E-state index < -0.39 is 0 Å². The first-order chi connectivity index (χ1) is 9.72.